The second-order valence-electron chi connectivity index (χ2n) is 5.01. The van der Waals surface area contributed by atoms with Crippen LogP contribution in [-0.2, 0) is 0 Å². The first-order chi connectivity index (χ1) is 10.2. The fourth-order valence-corrected chi connectivity index (χ4v) is 2.43. The predicted molar refractivity (Wildman–Crippen MR) is 80.0 cm³/mol. The Bertz CT molecular complexity index is 575. The molecule has 0 radical (unpaired) electrons. The highest BCUT2D eigenvalue weighted by Gasteiger charge is 2.26. The lowest BCUT2D eigenvalue weighted by molar-refractivity contribution is 0.0782. The molecule has 1 aromatic rings. The summed E-state index contributed by atoms with van der Waals surface area (Å²) in [7, 11) is 1.57. The highest BCUT2D eigenvalue weighted by molar-refractivity contribution is 5.95. The van der Waals surface area contributed by atoms with Gasteiger partial charge in [0, 0.05) is 31.2 Å². The third-order valence-electron chi connectivity index (χ3n) is 3.60. The van der Waals surface area contributed by atoms with E-state index < -0.39 is 0 Å². The first-order valence-electron chi connectivity index (χ1n) is 6.96. The van der Waals surface area contributed by atoms with Crippen LogP contribution in [0, 0.1) is 17.8 Å². The standard InChI is InChI=1S/C16H20N2O3/c1-21-15-5-4-14(9-13(15)3-2-7-17)16(20)18-8-6-12(10-18)11-19/h4-5,9,12,19H,6-8,10-11,17H2,1H3. The van der Waals surface area contributed by atoms with Crippen LogP contribution in [0.3, 0.4) is 0 Å². The van der Waals surface area contributed by atoms with Crippen LogP contribution in [0.15, 0.2) is 18.2 Å². The Kier molecular flexibility index (Phi) is 5.20. The fraction of sp³-hybridized carbons (Fsp3) is 0.438. The van der Waals surface area contributed by atoms with E-state index in [1.807, 2.05) is 0 Å². The van der Waals surface area contributed by atoms with Crippen LogP contribution in [0.1, 0.15) is 22.3 Å². The second-order valence-corrected chi connectivity index (χ2v) is 5.01. The minimum Gasteiger partial charge on any atom is -0.495 e. The average Bonchev–Trinajstić information content (AvgIpc) is 3.00. The quantitative estimate of drug-likeness (QED) is 0.792. The maximum atomic E-state index is 12.5. The first kappa shape index (κ1) is 15.4. The monoisotopic (exact) mass is 288 g/mol. The van der Waals surface area contributed by atoms with Crippen LogP contribution >= 0.6 is 0 Å². The smallest absolute Gasteiger partial charge is 0.253 e. The van der Waals surface area contributed by atoms with Crippen molar-refractivity contribution in [3.8, 4) is 17.6 Å². The molecular formula is C16H20N2O3. The number of hydrogen-bond acceptors (Lipinski definition) is 4. The Morgan fingerprint density at radius 3 is 3.00 bits per heavy atom. The molecule has 1 atom stereocenters. The largest absolute Gasteiger partial charge is 0.495 e. The zero-order valence-electron chi connectivity index (χ0n) is 12.1. The number of rotatable bonds is 3. The highest BCUT2D eigenvalue weighted by atomic mass is 16.5. The van der Waals surface area contributed by atoms with Gasteiger partial charge in [-0.1, -0.05) is 11.8 Å². The van der Waals surface area contributed by atoms with Gasteiger partial charge in [-0.15, -0.1) is 0 Å². The van der Waals surface area contributed by atoms with E-state index in [1.165, 1.54) is 0 Å². The van der Waals surface area contributed by atoms with E-state index in [0.29, 0.717) is 30.0 Å². The van der Waals surface area contributed by atoms with Crippen LogP contribution in [0.4, 0.5) is 0 Å². The number of likely N-dealkylation sites (tertiary alicyclic amines) is 1. The topological polar surface area (TPSA) is 75.8 Å². The number of aliphatic hydroxyl groups is 1. The van der Waals surface area contributed by atoms with Crippen LogP contribution < -0.4 is 10.5 Å². The van der Waals surface area contributed by atoms with Crippen LogP contribution in [0.5, 0.6) is 5.75 Å². The molecule has 0 bridgehead atoms. The third kappa shape index (κ3) is 3.54. The summed E-state index contributed by atoms with van der Waals surface area (Å²) in [5, 5.41) is 9.16. The Labute approximate surface area is 124 Å². The van der Waals surface area contributed by atoms with Crippen molar-refractivity contribution in [1.82, 2.24) is 4.90 Å². The maximum absolute atomic E-state index is 12.5. The molecule has 2 rings (SSSR count). The van der Waals surface area contributed by atoms with E-state index in [0.717, 1.165) is 6.42 Å². The summed E-state index contributed by atoms with van der Waals surface area (Å²) < 4.78 is 5.24. The molecule has 1 aliphatic rings. The zero-order valence-corrected chi connectivity index (χ0v) is 12.1. The van der Waals surface area contributed by atoms with Gasteiger partial charge in [0.2, 0.25) is 0 Å². The predicted octanol–water partition coefficient (Wildman–Crippen LogP) is 0.460. The Morgan fingerprint density at radius 1 is 1.57 bits per heavy atom. The Balaban J connectivity index is 2.22. The van der Waals surface area contributed by atoms with Gasteiger partial charge in [-0.2, -0.15) is 0 Å². The second kappa shape index (κ2) is 7.11. The average molecular weight is 288 g/mol. The number of carbonyl (C=O) groups is 1. The van der Waals surface area contributed by atoms with Crippen LogP contribution in [0.25, 0.3) is 0 Å². The molecule has 1 fully saturated rings. The van der Waals surface area contributed by atoms with Crippen molar-refractivity contribution in [3.63, 3.8) is 0 Å². The van der Waals surface area contributed by atoms with Gasteiger partial charge < -0.3 is 20.5 Å². The number of ether oxygens (including phenoxy) is 1. The van der Waals surface area contributed by atoms with Crippen molar-refractivity contribution in [2.75, 3.05) is 33.4 Å². The maximum Gasteiger partial charge on any atom is 0.253 e. The van der Waals surface area contributed by atoms with Gasteiger partial charge in [0.15, 0.2) is 0 Å². The van der Waals surface area contributed by atoms with Crippen molar-refractivity contribution < 1.29 is 14.6 Å². The molecule has 1 saturated heterocycles. The van der Waals surface area contributed by atoms with E-state index in [9.17, 15) is 4.79 Å². The molecule has 0 spiro atoms. The van der Waals surface area contributed by atoms with Crippen molar-refractivity contribution >= 4 is 5.91 Å². The molecule has 1 unspecified atom stereocenters. The molecule has 1 amide bonds. The number of carbonyl (C=O) groups excluding carboxylic acids is 1. The lowest BCUT2D eigenvalue weighted by Crippen LogP contribution is -2.29. The Hall–Kier alpha value is -2.03. The SMILES string of the molecule is COc1ccc(C(=O)N2CCC(CO)C2)cc1C#CCN. The van der Waals surface area contributed by atoms with E-state index in [1.54, 1.807) is 30.2 Å². The summed E-state index contributed by atoms with van der Waals surface area (Å²) in [6.45, 7) is 1.66. The van der Waals surface area contributed by atoms with Gasteiger partial charge in [0.1, 0.15) is 5.75 Å². The van der Waals surface area contributed by atoms with Gasteiger partial charge in [0.05, 0.1) is 19.2 Å². The lowest BCUT2D eigenvalue weighted by atomic mass is 10.1. The molecule has 0 aliphatic carbocycles. The van der Waals surface area contributed by atoms with Crippen LogP contribution in [0.2, 0.25) is 0 Å². The molecule has 5 nitrogen and oxygen atoms in total. The normalized spacial score (nSPS) is 17.3. The number of methoxy groups -OCH3 is 1. The van der Waals surface area contributed by atoms with E-state index >= 15 is 0 Å². The number of benzene rings is 1. The number of nitrogens with two attached hydrogens (primary N) is 1. The minimum absolute atomic E-state index is 0.0376. The minimum atomic E-state index is -0.0376. The molecule has 3 N–H and O–H groups in total. The van der Waals surface area contributed by atoms with E-state index in [-0.39, 0.29) is 25.0 Å². The molecular weight excluding hydrogens is 268 g/mol. The van der Waals surface area contributed by atoms with Gasteiger partial charge in [-0.25, -0.2) is 0 Å². The highest BCUT2D eigenvalue weighted by Crippen LogP contribution is 2.22. The summed E-state index contributed by atoms with van der Waals surface area (Å²) in [5.74, 6) is 6.46. The van der Waals surface area contributed by atoms with Gasteiger partial charge in [-0.3, -0.25) is 4.79 Å². The first-order valence-corrected chi connectivity index (χ1v) is 6.96. The summed E-state index contributed by atoms with van der Waals surface area (Å²) in [6.07, 6.45) is 0.845. The molecule has 0 saturated carbocycles. The number of amides is 1. The number of nitrogens with zero attached hydrogens (tertiary/aromatic N) is 1. The van der Waals surface area contributed by atoms with Gasteiger partial charge in [-0.05, 0) is 24.6 Å². The van der Waals surface area contributed by atoms with E-state index in [2.05, 4.69) is 11.8 Å². The number of aliphatic hydroxyl groups excluding tert-OH is 1. The molecule has 5 heteroatoms. The molecule has 0 aromatic heterocycles. The molecule has 21 heavy (non-hydrogen) atoms. The van der Waals surface area contributed by atoms with Crippen LogP contribution in [-0.4, -0.2) is 49.3 Å². The summed E-state index contributed by atoms with van der Waals surface area (Å²) in [6, 6.07) is 5.21. The Morgan fingerprint density at radius 2 is 2.38 bits per heavy atom. The van der Waals surface area contributed by atoms with E-state index in [4.69, 9.17) is 15.6 Å². The molecule has 1 aliphatic heterocycles. The fourth-order valence-electron chi connectivity index (χ4n) is 2.43. The van der Waals surface area contributed by atoms with Crippen molar-refractivity contribution in [2.45, 2.75) is 6.42 Å². The van der Waals surface area contributed by atoms with Gasteiger partial charge in [0.25, 0.3) is 5.91 Å². The molecule has 1 aromatic carbocycles. The molecule has 112 valence electrons. The zero-order chi connectivity index (χ0) is 15.2. The summed E-state index contributed by atoms with van der Waals surface area (Å²) in [5.41, 5.74) is 6.62. The summed E-state index contributed by atoms with van der Waals surface area (Å²) >= 11 is 0. The third-order valence-corrected chi connectivity index (χ3v) is 3.60. The van der Waals surface area contributed by atoms with Crippen molar-refractivity contribution in [2.24, 2.45) is 11.7 Å². The molecule has 1 heterocycles. The summed E-state index contributed by atoms with van der Waals surface area (Å²) in [4.78, 5) is 14.2. The van der Waals surface area contributed by atoms with Crippen molar-refractivity contribution in [3.05, 3.63) is 29.3 Å². The number of hydrogen-bond donors (Lipinski definition) is 2. The lowest BCUT2D eigenvalue weighted by Gasteiger charge is -2.16. The van der Waals surface area contributed by atoms with Crippen molar-refractivity contribution in [1.29, 1.82) is 0 Å². The van der Waals surface area contributed by atoms with Gasteiger partial charge >= 0.3 is 0 Å².